The lowest BCUT2D eigenvalue weighted by Crippen LogP contribution is -2.50. The molecule has 0 aliphatic carbocycles. The lowest BCUT2D eigenvalue weighted by Gasteiger charge is -2.35. The number of hydrogen-bond donors (Lipinski definition) is 2. The highest BCUT2D eigenvalue weighted by atomic mass is 16.5. The Bertz CT molecular complexity index is 635. The number of amides is 1. The molecule has 2 aliphatic heterocycles. The summed E-state index contributed by atoms with van der Waals surface area (Å²) in [5.74, 6) is 1.78. The first-order valence-corrected chi connectivity index (χ1v) is 9.51. The van der Waals surface area contributed by atoms with Crippen molar-refractivity contribution in [2.24, 2.45) is 5.41 Å². The lowest BCUT2D eigenvalue weighted by molar-refractivity contribution is -0.136. The minimum absolute atomic E-state index is 0.0538. The van der Waals surface area contributed by atoms with Gasteiger partial charge in [0.25, 0.3) is 0 Å². The van der Waals surface area contributed by atoms with Gasteiger partial charge in [-0.25, -0.2) is 0 Å². The molecular formula is C20H30N2O4. The average molecular weight is 362 g/mol. The topological polar surface area (TPSA) is 68.8 Å². The van der Waals surface area contributed by atoms with Crippen LogP contribution in [-0.4, -0.2) is 45.4 Å². The SMILES string of the molecule is CCOc1cc2c(cc1CNC(=O)C1(COC)CCNCC1)OC(C)C2. The quantitative estimate of drug-likeness (QED) is 0.777. The van der Waals surface area contributed by atoms with E-state index in [1.165, 1.54) is 5.56 Å². The van der Waals surface area contributed by atoms with Crippen molar-refractivity contribution in [1.82, 2.24) is 10.6 Å². The van der Waals surface area contributed by atoms with Crippen LogP contribution in [0.5, 0.6) is 11.5 Å². The van der Waals surface area contributed by atoms with Gasteiger partial charge in [-0.15, -0.1) is 0 Å². The zero-order chi connectivity index (χ0) is 18.6. The minimum Gasteiger partial charge on any atom is -0.494 e. The molecule has 1 aromatic rings. The van der Waals surface area contributed by atoms with E-state index >= 15 is 0 Å². The van der Waals surface area contributed by atoms with E-state index in [4.69, 9.17) is 14.2 Å². The summed E-state index contributed by atoms with van der Waals surface area (Å²) < 4.78 is 17.0. The normalized spacial score (nSPS) is 21.0. The van der Waals surface area contributed by atoms with E-state index in [2.05, 4.69) is 23.6 Å². The Hall–Kier alpha value is -1.79. The molecule has 0 radical (unpaired) electrons. The third-order valence-corrected chi connectivity index (χ3v) is 5.28. The molecule has 3 rings (SSSR count). The second-order valence-electron chi connectivity index (χ2n) is 7.28. The predicted molar refractivity (Wildman–Crippen MR) is 99.7 cm³/mol. The van der Waals surface area contributed by atoms with Gasteiger partial charge in [0.2, 0.25) is 5.91 Å². The Kier molecular flexibility index (Phi) is 6.04. The van der Waals surface area contributed by atoms with Crippen molar-refractivity contribution in [2.75, 3.05) is 33.4 Å². The molecule has 1 fully saturated rings. The Labute approximate surface area is 155 Å². The summed E-state index contributed by atoms with van der Waals surface area (Å²) in [6.45, 7) is 7.18. The number of carbonyl (C=O) groups is 1. The second-order valence-corrected chi connectivity index (χ2v) is 7.28. The third-order valence-electron chi connectivity index (χ3n) is 5.28. The molecule has 26 heavy (non-hydrogen) atoms. The first kappa shape index (κ1) is 19.0. The van der Waals surface area contributed by atoms with E-state index in [-0.39, 0.29) is 12.0 Å². The summed E-state index contributed by atoms with van der Waals surface area (Å²) in [5, 5.41) is 6.43. The second kappa shape index (κ2) is 8.27. The van der Waals surface area contributed by atoms with Crippen molar-refractivity contribution in [3.63, 3.8) is 0 Å². The number of methoxy groups -OCH3 is 1. The van der Waals surface area contributed by atoms with Crippen molar-refractivity contribution in [3.05, 3.63) is 23.3 Å². The molecule has 0 bridgehead atoms. The smallest absolute Gasteiger partial charge is 0.228 e. The average Bonchev–Trinajstić information content (AvgIpc) is 2.99. The van der Waals surface area contributed by atoms with Crippen molar-refractivity contribution < 1.29 is 19.0 Å². The molecule has 144 valence electrons. The molecule has 0 spiro atoms. The number of fused-ring (bicyclic) bond motifs is 1. The monoisotopic (exact) mass is 362 g/mol. The number of carbonyl (C=O) groups excluding carboxylic acids is 1. The maximum atomic E-state index is 12.9. The molecule has 6 heteroatoms. The van der Waals surface area contributed by atoms with Gasteiger partial charge in [0.05, 0.1) is 18.6 Å². The minimum atomic E-state index is -0.451. The van der Waals surface area contributed by atoms with E-state index in [0.717, 1.165) is 49.4 Å². The highest BCUT2D eigenvalue weighted by Crippen LogP contribution is 2.35. The summed E-state index contributed by atoms with van der Waals surface area (Å²) >= 11 is 0. The molecule has 2 aliphatic rings. The third kappa shape index (κ3) is 3.96. The fraction of sp³-hybridized carbons (Fsp3) is 0.650. The molecule has 0 aromatic heterocycles. The van der Waals surface area contributed by atoms with Crippen LogP contribution >= 0.6 is 0 Å². The van der Waals surface area contributed by atoms with Crippen molar-refractivity contribution >= 4 is 5.91 Å². The van der Waals surface area contributed by atoms with Crippen molar-refractivity contribution in [3.8, 4) is 11.5 Å². The maximum Gasteiger partial charge on any atom is 0.228 e. The molecule has 1 saturated heterocycles. The highest BCUT2D eigenvalue weighted by molar-refractivity contribution is 5.83. The molecule has 1 unspecified atom stereocenters. The predicted octanol–water partition coefficient (Wildman–Crippen LogP) is 2.04. The molecule has 0 saturated carbocycles. The van der Waals surface area contributed by atoms with Crippen molar-refractivity contribution in [1.29, 1.82) is 0 Å². The van der Waals surface area contributed by atoms with E-state index in [1.54, 1.807) is 7.11 Å². The number of rotatable bonds is 7. The Morgan fingerprint density at radius 3 is 2.85 bits per heavy atom. The van der Waals surface area contributed by atoms with Crippen molar-refractivity contribution in [2.45, 2.75) is 45.8 Å². The molecule has 6 nitrogen and oxygen atoms in total. The fourth-order valence-electron chi connectivity index (χ4n) is 3.89. The van der Waals surface area contributed by atoms with Gasteiger partial charge in [0.15, 0.2) is 0 Å². The summed E-state index contributed by atoms with van der Waals surface area (Å²) in [4.78, 5) is 12.9. The Morgan fingerprint density at radius 1 is 1.38 bits per heavy atom. The van der Waals surface area contributed by atoms with Gasteiger partial charge in [-0.3, -0.25) is 4.79 Å². The van der Waals surface area contributed by atoms with E-state index in [1.807, 2.05) is 13.0 Å². The Morgan fingerprint density at radius 2 is 2.15 bits per heavy atom. The number of piperidine rings is 1. The number of ether oxygens (including phenoxy) is 3. The number of nitrogens with one attached hydrogen (secondary N) is 2. The van der Waals surface area contributed by atoms with Crippen LogP contribution in [0, 0.1) is 5.41 Å². The van der Waals surface area contributed by atoms with Crippen LogP contribution in [0.15, 0.2) is 12.1 Å². The summed E-state index contributed by atoms with van der Waals surface area (Å²) in [7, 11) is 1.66. The van der Waals surface area contributed by atoms with E-state index < -0.39 is 5.41 Å². The fourth-order valence-corrected chi connectivity index (χ4v) is 3.89. The summed E-state index contributed by atoms with van der Waals surface area (Å²) in [5.41, 5.74) is 1.67. The van der Waals surface area contributed by atoms with Crippen LogP contribution in [0.4, 0.5) is 0 Å². The van der Waals surface area contributed by atoms with Crippen LogP contribution in [0.2, 0.25) is 0 Å². The lowest BCUT2D eigenvalue weighted by atomic mass is 9.78. The van der Waals surface area contributed by atoms with Gasteiger partial charge >= 0.3 is 0 Å². The molecule has 1 aromatic carbocycles. The zero-order valence-corrected chi connectivity index (χ0v) is 16.0. The van der Waals surface area contributed by atoms with Gasteiger partial charge in [-0.05, 0) is 51.9 Å². The largest absolute Gasteiger partial charge is 0.494 e. The van der Waals surface area contributed by atoms with Gasteiger partial charge < -0.3 is 24.8 Å². The van der Waals surface area contributed by atoms with Crippen LogP contribution in [-0.2, 0) is 22.5 Å². The summed E-state index contributed by atoms with van der Waals surface area (Å²) in [6.07, 6.45) is 2.65. The standard InChI is InChI=1S/C20H30N2O4/c1-4-25-17-10-15-9-14(2)26-18(15)11-16(17)12-22-19(23)20(13-24-3)5-7-21-8-6-20/h10-11,14,21H,4-9,12-13H2,1-3H3,(H,22,23). The zero-order valence-electron chi connectivity index (χ0n) is 16.0. The Balaban J connectivity index is 1.74. The first-order chi connectivity index (χ1) is 12.6. The molecule has 1 amide bonds. The van der Waals surface area contributed by atoms with Crippen LogP contribution in [0.3, 0.4) is 0 Å². The van der Waals surface area contributed by atoms with Gasteiger partial charge in [0, 0.05) is 31.2 Å². The molecular weight excluding hydrogens is 332 g/mol. The maximum absolute atomic E-state index is 12.9. The van der Waals surface area contributed by atoms with Gasteiger partial charge in [0.1, 0.15) is 17.6 Å². The number of hydrogen-bond acceptors (Lipinski definition) is 5. The van der Waals surface area contributed by atoms with Gasteiger partial charge in [-0.1, -0.05) is 0 Å². The molecule has 1 atom stereocenters. The highest BCUT2D eigenvalue weighted by Gasteiger charge is 2.39. The number of benzene rings is 1. The molecule has 2 heterocycles. The molecule has 2 N–H and O–H groups in total. The van der Waals surface area contributed by atoms with E-state index in [9.17, 15) is 4.79 Å². The first-order valence-electron chi connectivity index (χ1n) is 9.51. The summed E-state index contributed by atoms with van der Waals surface area (Å²) in [6, 6.07) is 4.06. The van der Waals surface area contributed by atoms with Crippen LogP contribution in [0.25, 0.3) is 0 Å². The van der Waals surface area contributed by atoms with Gasteiger partial charge in [-0.2, -0.15) is 0 Å². The van der Waals surface area contributed by atoms with Crippen LogP contribution in [0.1, 0.15) is 37.8 Å². The van der Waals surface area contributed by atoms with Crippen LogP contribution < -0.4 is 20.1 Å². The van der Waals surface area contributed by atoms with E-state index in [0.29, 0.717) is 19.8 Å².